The van der Waals surface area contributed by atoms with Crippen LogP contribution in [0.5, 0.6) is 23.0 Å². The minimum Gasteiger partial charge on any atom is -0.502 e. The van der Waals surface area contributed by atoms with Gasteiger partial charge in [0.05, 0.1) is 19.8 Å². The Hall–Kier alpha value is -3.16. The van der Waals surface area contributed by atoms with Crippen LogP contribution in [-0.2, 0) is 9.59 Å². The van der Waals surface area contributed by atoms with Crippen molar-refractivity contribution in [2.45, 2.75) is 12.8 Å². The highest BCUT2D eigenvalue weighted by atomic mass is 16.5. The van der Waals surface area contributed by atoms with E-state index in [4.69, 9.17) is 13.9 Å². The summed E-state index contributed by atoms with van der Waals surface area (Å²) in [7, 11) is 2.92. The van der Waals surface area contributed by atoms with Crippen molar-refractivity contribution in [2.75, 3.05) is 19.1 Å². The molecule has 8 nitrogen and oxygen atoms in total. The topological polar surface area (TPSA) is 109 Å². The number of furan rings is 1. The number of rotatable bonds is 4. The third kappa shape index (κ3) is 2.32. The first-order valence-electron chi connectivity index (χ1n) is 7.10. The lowest BCUT2D eigenvalue weighted by atomic mass is 10.1. The Labute approximate surface area is 136 Å². The summed E-state index contributed by atoms with van der Waals surface area (Å²) in [6, 6.07) is 4.75. The summed E-state index contributed by atoms with van der Waals surface area (Å²) in [4.78, 5) is 24.4. The Balaban J connectivity index is 2.12. The van der Waals surface area contributed by atoms with Gasteiger partial charge in [0.2, 0.25) is 23.3 Å². The van der Waals surface area contributed by atoms with Gasteiger partial charge in [0.1, 0.15) is 11.5 Å². The van der Waals surface area contributed by atoms with Gasteiger partial charge < -0.3 is 24.1 Å². The molecule has 0 spiro atoms. The number of anilines is 1. The van der Waals surface area contributed by atoms with Crippen LogP contribution in [0.25, 0.3) is 11.3 Å². The van der Waals surface area contributed by atoms with E-state index in [-0.39, 0.29) is 18.6 Å². The average Bonchev–Trinajstić information content (AvgIpc) is 3.07. The summed E-state index contributed by atoms with van der Waals surface area (Å²) in [6.45, 7) is 0. The van der Waals surface area contributed by atoms with E-state index in [1.807, 2.05) is 0 Å². The second-order valence-electron chi connectivity index (χ2n) is 5.12. The Kier molecular flexibility index (Phi) is 3.80. The normalized spacial score (nSPS) is 14.3. The molecule has 0 aliphatic carbocycles. The van der Waals surface area contributed by atoms with Crippen molar-refractivity contribution in [3.8, 4) is 34.3 Å². The molecule has 2 amide bonds. The fourth-order valence-corrected chi connectivity index (χ4v) is 2.53. The molecule has 0 unspecified atom stereocenters. The van der Waals surface area contributed by atoms with Crippen LogP contribution in [-0.4, -0.2) is 36.2 Å². The molecular formula is C16H15NO7. The molecule has 2 heterocycles. The van der Waals surface area contributed by atoms with Gasteiger partial charge in [0, 0.05) is 18.9 Å². The largest absolute Gasteiger partial charge is 0.502 e. The van der Waals surface area contributed by atoms with Gasteiger partial charge in [-0.2, -0.15) is 0 Å². The number of ether oxygens (including phenoxy) is 2. The average molecular weight is 333 g/mol. The van der Waals surface area contributed by atoms with Gasteiger partial charge >= 0.3 is 0 Å². The van der Waals surface area contributed by atoms with Crippen molar-refractivity contribution >= 4 is 17.7 Å². The minimum atomic E-state index is -0.675. The predicted octanol–water partition coefficient (Wildman–Crippen LogP) is 2.03. The molecule has 1 aliphatic heterocycles. The van der Waals surface area contributed by atoms with E-state index in [1.54, 1.807) is 18.2 Å². The van der Waals surface area contributed by atoms with Crippen LogP contribution >= 0.6 is 0 Å². The number of aromatic hydroxyl groups is 2. The number of carbonyl (C=O) groups is 2. The highest BCUT2D eigenvalue weighted by Crippen LogP contribution is 2.50. The lowest BCUT2D eigenvalue weighted by Crippen LogP contribution is -2.28. The summed E-state index contributed by atoms with van der Waals surface area (Å²) >= 11 is 0. The molecule has 1 saturated heterocycles. The lowest BCUT2D eigenvalue weighted by molar-refractivity contribution is -0.121. The van der Waals surface area contributed by atoms with Crippen LogP contribution in [0.15, 0.2) is 22.6 Å². The second-order valence-corrected chi connectivity index (χ2v) is 5.12. The molecule has 0 radical (unpaired) electrons. The highest BCUT2D eigenvalue weighted by Gasteiger charge is 2.37. The number of amides is 2. The van der Waals surface area contributed by atoms with E-state index < -0.39 is 29.2 Å². The zero-order chi connectivity index (χ0) is 17.4. The number of carbonyl (C=O) groups excluding carboxylic acids is 2. The first kappa shape index (κ1) is 15.7. The van der Waals surface area contributed by atoms with E-state index >= 15 is 0 Å². The molecule has 1 fully saturated rings. The van der Waals surface area contributed by atoms with Crippen LogP contribution < -0.4 is 14.4 Å². The molecule has 2 aromatic rings. The number of imide groups is 1. The number of nitrogens with zero attached hydrogens (tertiary/aromatic N) is 1. The van der Waals surface area contributed by atoms with Crippen molar-refractivity contribution in [3.05, 3.63) is 18.2 Å². The Morgan fingerprint density at radius 2 is 1.71 bits per heavy atom. The molecular weight excluding hydrogens is 318 g/mol. The molecule has 0 atom stereocenters. The fraction of sp³-hybridized carbons (Fsp3) is 0.250. The quantitative estimate of drug-likeness (QED) is 0.824. The summed E-state index contributed by atoms with van der Waals surface area (Å²) < 4.78 is 15.8. The number of hydrogen-bond donors (Lipinski definition) is 2. The molecule has 8 heteroatoms. The Morgan fingerprint density at radius 1 is 1.04 bits per heavy atom. The number of methoxy groups -OCH3 is 2. The molecule has 1 aliphatic rings. The molecule has 3 rings (SSSR count). The van der Waals surface area contributed by atoms with Gasteiger partial charge in [0.15, 0.2) is 5.76 Å². The van der Waals surface area contributed by atoms with E-state index in [1.165, 1.54) is 14.2 Å². The van der Waals surface area contributed by atoms with Crippen LogP contribution in [0.1, 0.15) is 12.8 Å². The van der Waals surface area contributed by atoms with Gasteiger partial charge in [-0.1, -0.05) is 0 Å². The van der Waals surface area contributed by atoms with Crippen molar-refractivity contribution in [1.29, 1.82) is 0 Å². The Bertz CT molecular complexity index is 808. The van der Waals surface area contributed by atoms with Gasteiger partial charge in [0.25, 0.3) is 5.88 Å². The molecule has 24 heavy (non-hydrogen) atoms. The maximum atomic E-state index is 11.8. The van der Waals surface area contributed by atoms with E-state index in [9.17, 15) is 19.8 Å². The highest BCUT2D eigenvalue weighted by molar-refractivity contribution is 6.20. The van der Waals surface area contributed by atoms with E-state index in [0.29, 0.717) is 17.1 Å². The van der Waals surface area contributed by atoms with Crippen LogP contribution in [0.2, 0.25) is 0 Å². The standard InChI is InChI=1S/C16H15NO7/c1-22-8-3-4-9(10(7-8)23-2)15-13(20)14(21)16(24-15)17-11(18)5-6-12(17)19/h3-4,7,20-21H,5-6H2,1-2H3. The summed E-state index contributed by atoms with van der Waals surface area (Å²) in [6.07, 6.45) is 0.0574. The van der Waals surface area contributed by atoms with Crippen molar-refractivity contribution < 1.29 is 33.7 Å². The number of hydrogen-bond acceptors (Lipinski definition) is 7. The van der Waals surface area contributed by atoms with Crippen LogP contribution in [0.3, 0.4) is 0 Å². The molecule has 0 saturated carbocycles. The first-order chi connectivity index (χ1) is 11.5. The molecule has 126 valence electrons. The maximum absolute atomic E-state index is 11.8. The smallest absolute Gasteiger partial charge is 0.256 e. The molecule has 2 N–H and O–H groups in total. The summed E-state index contributed by atoms with van der Waals surface area (Å²) in [5.74, 6) is -1.93. The van der Waals surface area contributed by atoms with Gasteiger partial charge in [-0.3, -0.25) is 9.59 Å². The lowest BCUT2D eigenvalue weighted by Gasteiger charge is -2.10. The maximum Gasteiger partial charge on any atom is 0.256 e. The molecule has 0 bridgehead atoms. The van der Waals surface area contributed by atoms with Crippen molar-refractivity contribution in [1.82, 2.24) is 0 Å². The van der Waals surface area contributed by atoms with Crippen LogP contribution in [0.4, 0.5) is 5.88 Å². The third-order valence-corrected chi connectivity index (χ3v) is 3.75. The summed E-state index contributed by atoms with van der Waals surface area (Å²) in [5, 5.41) is 20.3. The van der Waals surface area contributed by atoms with Gasteiger partial charge in [-0.05, 0) is 12.1 Å². The number of benzene rings is 1. The van der Waals surface area contributed by atoms with E-state index in [2.05, 4.69) is 0 Å². The van der Waals surface area contributed by atoms with Crippen LogP contribution in [0, 0.1) is 0 Å². The van der Waals surface area contributed by atoms with Crippen molar-refractivity contribution in [3.63, 3.8) is 0 Å². The monoisotopic (exact) mass is 333 g/mol. The zero-order valence-electron chi connectivity index (χ0n) is 13.0. The summed E-state index contributed by atoms with van der Waals surface area (Å²) in [5.41, 5.74) is 0.330. The second kappa shape index (κ2) is 5.80. The molecule has 1 aromatic heterocycles. The van der Waals surface area contributed by atoms with Gasteiger partial charge in [-0.15, -0.1) is 0 Å². The van der Waals surface area contributed by atoms with Gasteiger partial charge in [-0.25, -0.2) is 4.90 Å². The SMILES string of the molecule is COc1ccc(-c2oc(N3C(=O)CCC3=O)c(O)c2O)c(OC)c1. The van der Waals surface area contributed by atoms with E-state index in [0.717, 1.165) is 4.90 Å². The first-order valence-corrected chi connectivity index (χ1v) is 7.10. The molecule has 1 aromatic carbocycles. The third-order valence-electron chi connectivity index (χ3n) is 3.75. The fourth-order valence-electron chi connectivity index (χ4n) is 2.53. The van der Waals surface area contributed by atoms with Crippen molar-refractivity contribution in [2.24, 2.45) is 0 Å². The minimum absolute atomic E-state index is 0.0287. The zero-order valence-corrected chi connectivity index (χ0v) is 13.0. The Morgan fingerprint density at radius 3 is 2.29 bits per heavy atom. The predicted molar refractivity (Wildman–Crippen MR) is 82.3 cm³/mol.